The smallest absolute Gasteiger partial charge is 0.410 e. The quantitative estimate of drug-likeness (QED) is 0.536. The molecule has 3 amide bonds. The summed E-state index contributed by atoms with van der Waals surface area (Å²) in [7, 11) is 0. The van der Waals surface area contributed by atoms with Crippen LogP contribution in [0.3, 0.4) is 0 Å². The van der Waals surface area contributed by atoms with E-state index in [4.69, 9.17) is 4.74 Å². The number of thioether (sulfide) groups is 1. The van der Waals surface area contributed by atoms with Crippen molar-refractivity contribution in [2.75, 3.05) is 19.6 Å². The van der Waals surface area contributed by atoms with Crippen LogP contribution in [0.2, 0.25) is 0 Å². The highest BCUT2D eigenvalue weighted by Gasteiger charge is 2.40. The summed E-state index contributed by atoms with van der Waals surface area (Å²) >= 11 is 1.19. The van der Waals surface area contributed by atoms with Crippen LogP contribution in [-0.4, -0.2) is 68.9 Å². The van der Waals surface area contributed by atoms with Crippen LogP contribution >= 0.6 is 11.8 Å². The molecule has 1 N–H and O–H groups in total. The summed E-state index contributed by atoms with van der Waals surface area (Å²) in [4.78, 5) is 49.8. The van der Waals surface area contributed by atoms with Crippen LogP contribution in [0.25, 0.3) is 0 Å². The first kappa shape index (κ1) is 21.9. The molecule has 0 saturated carbocycles. The Morgan fingerprint density at radius 2 is 2.00 bits per heavy atom. The van der Waals surface area contributed by atoms with E-state index in [2.05, 4.69) is 5.32 Å². The van der Waals surface area contributed by atoms with Gasteiger partial charge in [0.15, 0.2) is 5.12 Å². The molecule has 1 aromatic rings. The van der Waals surface area contributed by atoms with E-state index in [0.717, 1.165) is 0 Å². The molecule has 2 heterocycles. The van der Waals surface area contributed by atoms with Crippen molar-refractivity contribution in [1.82, 2.24) is 15.1 Å². The van der Waals surface area contributed by atoms with Gasteiger partial charge >= 0.3 is 12.1 Å². The zero-order valence-corrected chi connectivity index (χ0v) is 17.6. The largest absolute Gasteiger partial charge is 0.445 e. The van der Waals surface area contributed by atoms with Gasteiger partial charge in [0.25, 0.3) is 5.69 Å². The monoisotopic (exact) mass is 436 g/mol. The maximum atomic E-state index is 12.7. The molecule has 3 atom stereocenters. The van der Waals surface area contributed by atoms with Crippen LogP contribution in [0.5, 0.6) is 0 Å². The number of non-ortho nitro benzene ring substituents is 1. The number of ether oxygens (including phenoxy) is 1. The lowest BCUT2D eigenvalue weighted by Gasteiger charge is -2.27. The zero-order chi connectivity index (χ0) is 21.8. The van der Waals surface area contributed by atoms with Gasteiger partial charge in [0, 0.05) is 50.0 Å². The molecule has 2 saturated heterocycles. The van der Waals surface area contributed by atoms with Crippen molar-refractivity contribution in [2.45, 2.75) is 44.2 Å². The summed E-state index contributed by atoms with van der Waals surface area (Å²) in [5.74, 6) is 0. The number of benzene rings is 1. The molecule has 0 unspecified atom stereocenters. The zero-order valence-electron chi connectivity index (χ0n) is 16.8. The number of rotatable bonds is 6. The van der Waals surface area contributed by atoms with Crippen LogP contribution in [-0.2, 0) is 16.1 Å². The topological polar surface area (TPSA) is 122 Å². The molecule has 0 radical (unpaired) electrons. The number of nitrogens with one attached hydrogen (secondary N) is 1. The lowest BCUT2D eigenvalue weighted by atomic mass is 10.2. The van der Waals surface area contributed by atoms with Crippen molar-refractivity contribution in [2.24, 2.45) is 0 Å². The van der Waals surface area contributed by atoms with Crippen molar-refractivity contribution in [1.29, 1.82) is 0 Å². The molecule has 0 aliphatic carbocycles. The van der Waals surface area contributed by atoms with Gasteiger partial charge in [-0.3, -0.25) is 14.9 Å². The van der Waals surface area contributed by atoms with E-state index in [1.807, 2.05) is 6.92 Å². The number of nitro groups is 1. The molecular weight excluding hydrogens is 412 g/mol. The fraction of sp³-hybridized carbons (Fsp3) is 0.526. The van der Waals surface area contributed by atoms with Gasteiger partial charge < -0.3 is 19.9 Å². The van der Waals surface area contributed by atoms with E-state index in [0.29, 0.717) is 31.6 Å². The highest BCUT2D eigenvalue weighted by molar-refractivity contribution is 8.14. The minimum Gasteiger partial charge on any atom is -0.445 e. The minimum absolute atomic E-state index is 0.0209. The molecule has 30 heavy (non-hydrogen) atoms. The lowest BCUT2D eigenvalue weighted by Crippen LogP contribution is -2.44. The third-order valence-corrected chi connectivity index (χ3v) is 6.04. The van der Waals surface area contributed by atoms with Crippen LogP contribution in [0.1, 0.15) is 25.8 Å². The number of nitrogens with zero attached hydrogens (tertiary/aromatic N) is 3. The highest BCUT2D eigenvalue weighted by atomic mass is 32.2. The SMILES string of the molecule is CC(=O)S[C@H]1C[C@@H](CN2C[C@@H](C)NC2=O)N(C(=O)OCc2ccc([N+](=O)[O-])cc2)C1. The van der Waals surface area contributed by atoms with Crippen LogP contribution in [0, 0.1) is 10.1 Å². The fourth-order valence-corrected chi connectivity index (χ4v) is 4.73. The summed E-state index contributed by atoms with van der Waals surface area (Å²) in [6.07, 6.45) is 0.0624. The van der Waals surface area contributed by atoms with Crippen molar-refractivity contribution in [3.8, 4) is 0 Å². The number of carbonyl (C=O) groups excluding carboxylic acids is 3. The van der Waals surface area contributed by atoms with Crippen LogP contribution in [0.4, 0.5) is 15.3 Å². The Bertz CT molecular complexity index is 833. The van der Waals surface area contributed by atoms with Crippen molar-refractivity contribution >= 4 is 34.7 Å². The van der Waals surface area contributed by atoms with Gasteiger partial charge in [-0.25, -0.2) is 9.59 Å². The second-order valence-corrected chi connectivity index (χ2v) is 8.98. The van der Waals surface area contributed by atoms with E-state index < -0.39 is 11.0 Å². The molecule has 3 rings (SSSR count). The van der Waals surface area contributed by atoms with Gasteiger partial charge in [-0.1, -0.05) is 11.8 Å². The molecule has 2 aliphatic rings. The third kappa shape index (κ3) is 5.41. The van der Waals surface area contributed by atoms with Crippen molar-refractivity contribution < 1.29 is 24.0 Å². The molecule has 0 bridgehead atoms. The summed E-state index contributed by atoms with van der Waals surface area (Å²) in [6, 6.07) is 5.42. The minimum atomic E-state index is -0.530. The average molecular weight is 436 g/mol. The molecule has 0 aromatic heterocycles. The second kappa shape index (κ2) is 9.33. The number of carbonyl (C=O) groups is 3. The number of hydrogen-bond donors (Lipinski definition) is 1. The first-order valence-electron chi connectivity index (χ1n) is 9.62. The van der Waals surface area contributed by atoms with Crippen molar-refractivity contribution in [3.05, 3.63) is 39.9 Å². The average Bonchev–Trinajstić information content (AvgIpc) is 3.21. The Balaban J connectivity index is 1.63. The Hall–Kier alpha value is -2.82. The Kier molecular flexibility index (Phi) is 6.80. The normalized spacial score (nSPS) is 23.4. The standard InChI is InChI=1S/C19H24N4O6S/c1-12-8-21(18(25)20-12)9-16-7-17(30-13(2)24)10-22(16)19(26)29-11-14-3-5-15(6-4-14)23(27)28/h3-6,12,16-17H,7-11H2,1-2H3,(H,20,25)/t12-,16+,17+/m1/s1. The van der Waals surface area contributed by atoms with Gasteiger partial charge in [0.05, 0.1) is 11.0 Å². The van der Waals surface area contributed by atoms with Gasteiger partial charge in [-0.15, -0.1) is 0 Å². The number of hydrogen-bond acceptors (Lipinski definition) is 7. The summed E-state index contributed by atoms with van der Waals surface area (Å²) in [6.45, 7) is 4.68. The molecular formula is C19H24N4O6S. The van der Waals surface area contributed by atoms with E-state index in [9.17, 15) is 24.5 Å². The Morgan fingerprint density at radius 1 is 1.30 bits per heavy atom. The highest BCUT2D eigenvalue weighted by Crippen LogP contribution is 2.30. The Labute approximate surface area is 178 Å². The van der Waals surface area contributed by atoms with Gasteiger partial charge in [-0.05, 0) is 31.0 Å². The molecule has 0 spiro atoms. The molecule has 162 valence electrons. The first-order valence-corrected chi connectivity index (χ1v) is 10.5. The van der Waals surface area contributed by atoms with Crippen LogP contribution in [0.15, 0.2) is 24.3 Å². The molecule has 1 aromatic carbocycles. The Morgan fingerprint density at radius 3 is 2.57 bits per heavy atom. The molecule has 10 nitrogen and oxygen atoms in total. The van der Waals surface area contributed by atoms with E-state index in [-0.39, 0.29) is 40.8 Å². The summed E-state index contributed by atoms with van der Waals surface area (Å²) in [5.41, 5.74) is 0.596. The fourth-order valence-electron chi connectivity index (χ4n) is 3.71. The van der Waals surface area contributed by atoms with Gasteiger partial charge in [0.2, 0.25) is 0 Å². The van der Waals surface area contributed by atoms with Crippen LogP contribution < -0.4 is 5.32 Å². The summed E-state index contributed by atoms with van der Waals surface area (Å²) < 4.78 is 5.41. The van der Waals surface area contributed by atoms with E-state index >= 15 is 0 Å². The van der Waals surface area contributed by atoms with Gasteiger partial charge in [0.1, 0.15) is 6.61 Å². The number of likely N-dealkylation sites (tertiary alicyclic amines) is 1. The number of nitro benzene ring substituents is 1. The second-order valence-electron chi connectivity index (χ2n) is 7.51. The lowest BCUT2D eigenvalue weighted by molar-refractivity contribution is -0.384. The molecule has 2 fully saturated rings. The van der Waals surface area contributed by atoms with Crippen molar-refractivity contribution in [3.63, 3.8) is 0 Å². The molecule has 2 aliphatic heterocycles. The van der Waals surface area contributed by atoms with Gasteiger partial charge in [-0.2, -0.15) is 0 Å². The van der Waals surface area contributed by atoms with E-state index in [1.54, 1.807) is 9.80 Å². The maximum absolute atomic E-state index is 12.7. The number of urea groups is 1. The first-order chi connectivity index (χ1) is 14.2. The molecule has 11 heteroatoms. The van der Waals surface area contributed by atoms with E-state index in [1.165, 1.54) is 43.0 Å². The third-order valence-electron chi connectivity index (χ3n) is 5.04. The summed E-state index contributed by atoms with van der Waals surface area (Å²) in [5, 5.41) is 13.5. The predicted molar refractivity (Wildman–Crippen MR) is 110 cm³/mol. The number of amides is 3. The predicted octanol–water partition coefficient (Wildman–Crippen LogP) is 2.37. The maximum Gasteiger partial charge on any atom is 0.410 e.